The molecule has 0 N–H and O–H groups in total. The van der Waals surface area contributed by atoms with Gasteiger partial charge in [-0.1, -0.05) is 43.9 Å². The number of carbonyl (C=O) groups is 1. The Morgan fingerprint density at radius 3 is 2.23 bits per heavy atom. The van der Waals surface area contributed by atoms with E-state index in [0.717, 1.165) is 30.0 Å². The maximum Gasteiger partial charge on any atom is 0.134 e. The molecule has 166 valence electrons. The van der Waals surface area contributed by atoms with Gasteiger partial charge in [-0.05, 0) is 75.3 Å². The molecule has 0 spiro atoms. The molecular weight excluding hydrogens is 380 g/mol. The highest BCUT2D eigenvalue weighted by Crippen LogP contribution is 2.48. The van der Waals surface area contributed by atoms with Crippen LogP contribution in [0.1, 0.15) is 89.2 Å². The number of aromatic nitrogens is 1. The first kappa shape index (κ1) is 20.0. The Labute approximate surface area is 187 Å². The Bertz CT molecular complexity index is 935. The molecule has 31 heavy (non-hydrogen) atoms. The van der Waals surface area contributed by atoms with Gasteiger partial charge in [0.15, 0.2) is 0 Å². The highest BCUT2D eigenvalue weighted by molar-refractivity contribution is 5.89. The number of hydrogen-bond acceptors (Lipinski definition) is 2. The van der Waals surface area contributed by atoms with E-state index in [2.05, 4.69) is 39.9 Å². The van der Waals surface area contributed by atoms with Crippen LogP contribution in [-0.2, 0) is 11.2 Å². The summed E-state index contributed by atoms with van der Waals surface area (Å²) >= 11 is 0. The fourth-order valence-electron chi connectivity index (χ4n) is 8.14. The van der Waals surface area contributed by atoms with Gasteiger partial charge >= 0.3 is 0 Å². The minimum absolute atomic E-state index is 0.262. The largest absolute Gasteiger partial charge is 0.344 e. The van der Waals surface area contributed by atoms with Crippen molar-refractivity contribution in [1.29, 1.82) is 0 Å². The number of fused-ring (bicyclic) bond motifs is 5. The topological polar surface area (TPSA) is 25.2 Å². The van der Waals surface area contributed by atoms with Crippen molar-refractivity contribution in [3.05, 3.63) is 36.0 Å². The smallest absolute Gasteiger partial charge is 0.134 e. The highest BCUT2D eigenvalue weighted by atomic mass is 16.1. The van der Waals surface area contributed by atoms with Crippen LogP contribution in [0, 0.1) is 11.8 Å². The van der Waals surface area contributed by atoms with Gasteiger partial charge in [-0.2, -0.15) is 0 Å². The summed E-state index contributed by atoms with van der Waals surface area (Å²) in [4.78, 5) is 14.9. The number of hydrogen-bond donors (Lipinski definition) is 0. The molecule has 0 amide bonds. The van der Waals surface area contributed by atoms with E-state index >= 15 is 0 Å². The van der Waals surface area contributed by atoms with Crippen LogP contribution in [0.4, 0.5) is 0 Å². The molecule has 4 fully saturated rings. The van der Waals surface area contributed by atoms with Gasteiger partial charge in [0.1, 0.15) is 5.78 Å². The molecule has 3 heteroatoms. The van der Waals surface area contributed by atoms with Crippen molar-refractivity contribution in [1.82, 2.24) is 9.47 Å². The summed E-state index contributed by atoms with van der Waals surface area (Å²) in [6, 6.07) is 11.7. The van der Waals surface area contributed by atoms with Gasteiger partial charge < -0.3 is 4.57 Å². The average Bonchev–Trinajstić information content (AvgIpc) is 3.10. The van der Waals surface area contributed by atoms with Crippen molar-refractivity contribution in [2.45, 2.75) is 108 Å². The van der Waals surface area contributed by atoms with Crippen LogP contribution < -0.4 is 0 Å². The monoisotopic (exact) mass is 418 g/mol. The van der Waals surface area contributed by atoms with Crippen molar-refractivity contribution < 1.29 is 4.79 Å². The summed E-state index contributed by atoms with van der Waals surface area (Å²) in [5.74, 6) is 2.29. The zero-order valence-electron chi connectivity index (χ0n) is 19.1. The third kappa shape index (κ3) is 3.67. The number of rotatable bonds is 4. The summed E-state index contributed by atoms with van der Waals surface area (Å²) in [6.07, 6.45) is 18.6. The molecule has 2 aliphatic carbocycles. The number of ketones is 1. The first-order valence-electron chi connectivity index (χ1n) is 13.0. The van der Waals surface area contributed by atoms with Crippen LogP contribution in [0.15, 0.2) is 30.5 Å². The second-order valence-electron chi connectivity index (χ2n) is 11.3. The van der Waals surface area contributed by atoms with Gasteiger partial charge in [-0.3, -0.25) is 9.69 Å². The van der Waals surface area contributed by atoms with E-state index in [1.807, 2.05) is 0 Å². The third-order valence-electron chi connectivity index (χ3n) is 9.19. The first-order chi connectivity index (χ1) is 15.2. The van der Waals surface area contributed by atoms with E-state index in [9.17, 15) is 4.79 Å². The van der Waals surface area contributed by atoms with E-state index in [4.69, 9.17) is 0 Å². The molecule has 6 rings (SSSR count). The van der Waals surface area contributed by atoms with E-state index < -0.39 is 0 Å². The fraction of sp³-hybridized carbons (Fsp3) is 0.679. The predicted octanol–water partition coefficient (Wildman–Crippen LogP) is 6.30. The van der Waals surface area contributed by atoms with Gasteiger partial charge in [-0.15, -0.1) is 0 Å². The van der Waals surface area contributed by atoms with E-state index in [1.54, 1.807) is 6.92 Å². The fourth-order valence-corrected chi connectivity index (χ4v) is 8.14. The molecule has 2 aliphatic heterocycles. The molecule has 1 aromatic heterocycles. The van der Waals surface area contributed by atoms with Gasteiger partial charge in [0.05, 0.1) is 0 Å². The Hall–Kier alpha value is -1.61. The van der Waals surface area contributed by atoms with Gasteiger partial charge in [0.25, 0.3) is 0 Å². The molecule has 0 radical (unpaired) electrons. The van der Waals surface area contributed by atoms with Crippen LogP contribution in [0.2, 0.25) is 0 Å². The normalized spacial score (nSPS) is 35.9. The number of Topliss-reactive ketones (excluding diaryl/α,β-unsaturated/α-hetero) is 1. The lowest BCUT2D eigenvalue weighted by Crippen LogP contribution is -2.58. The average molecular weight is 419 g/mol. The number of benzene rings is 1. The predicted molar refractivity (Wildman–Crippen MR) is 126 cm³/mol. The lowest BCUT2D eigenvalue weighted by atomic mass is 9.68. The molecule has 2 unspecified atom stereocenters. The summed E-state index contributed by atoms with van der Waals surface area (Å²) in [6.45, 7) is 1.72. The summed E-state index contributed by atoms with van der Waals surface area (Å²) < 4.78 is 2.56. The molecule has 2 saturated carbocycles. The zero-order valence-corrected chi connectivity index (χ0v) is 19.1. The summed E-state index contributed by atoms with van der Waals surface area (Å²) in [5, 5.41) is 1.28. The Kier molecular flexibility index (Phi) is 5.21. The highest BCUT2D eigenvalue weighted by Gasteiger charge is 2.45. The number of para-hydroxylation sites is 1. The van der Waals surface area contributed by atoms with Crippen LogP contribution in [0.25, 0.3) is 10.9 Å². The Morgan fingerprint density at radius 2 is 1.52 bits per heavy atom. The van der Waals surface area contributed by atoms with Gasteiger partial charge in [0.2, 0.25) is 0 Å². The molecule has 6 atom stereocenters. The maximum absolute atomic E-state index is 11.9. The van der Waals surface area contributed by atoms with Gasteiger partial charge in [-0.25, -0.2) is 0 Å². The Balaban J connectivity index is 1.28. The molecule has 3 nitrogen and oxygen atoms in total. The van der Waals surface area contributed by atoms with Crippen molar-refractivity contribution in [2.75, 3.05) is 0 Å². The standard InChI is InChI=1S/C28H38N2O/c1-19(31)12-22-18-29(28-11-3-2-10-27(22)28)25-16-23-8-5-9-24(17-25)30(23)26-14-20-6-4-7-21(13-20)15-26/h2-3,10-11,18,20-21,23-26H,4-9,12-17H2,1H3/t20-,21+,23-,24+,25?,26?. The molecule has 1 aromatic carbocycles. The maximum atomic E-state index is 11.9. The third-order valence-corrected chi connectivity index (χ3v) is 9.19. The molecule has 4 aliphatic rings. The van der Waals surface area contributed by atoms with Gasteiger partial charge in [0, 0.05) is 47.7 Å². The zero-order chi connectivity index (χ0) is 20.9. The van der Waals surface area contributed by atoms with Crippen LogP contribution in [0.3, 0.4) is 0 Å². The SMILES string of the molecule is CC(=O)Cc1cn(C2C[C@H]3CCC[C@@H](C2)N3C2C[C@H]3CCC[C@@H](C2)C3)c2ccccc12. The quantitative estimate of drug-likeness (QED) is 0.582. The molecule has 3 heterocycles. The van der Waals surface area contributed by atoms with Crippen molar-refractivity contribution in [3.8, 4) is 0 Å². The second kappa shape index (κ2) is 8.06. The van der Waals surface area contributed by atoms with E-state index in [1.165, 1.54) is 87.1 Å². The number of nitrogens with zero attached hydrogens (tertiary/aromatic N) is 2. The summed E-state index contributed by atoms with van der Waals surface area (Å²) in [7, 11) is 0. The second-order valence-corrected chi connectivity index (χ2v) is 11.3. The molecular formula is C28H38N2O. The van der Waals surface area contributed by atoms with E-state index in [-0.39, 0.29) is 5.78 Å². The number of carbonyl (C=O) groups excluding carboxylic acids is 1. The van der Waals surface area contributed by atoms with Crippen molar-refractivity contribution >= 4 is 16.7 Å². The molecule has 2 aromatic rings. The lowest BCUT2D eigenvalue weighted by molar-refractivity contribution is -0.116. The lowest BCUT2D eigenvalue weighted by Gasteiger charge is -2.55. The van der Waals surface area contributed by atoms with E-state index in [0.29, 0.717) is 12.5 Å². The van der Waals surface area contributed by atoms with Crippen LogP contribution in [-0.4, -0.2) is 33.4 Å². The first-order valence-corrected chi connectivity index (χ1v) is 13.0. The molecule has 4 bridgehead atoms. The van der Waals surface area contributed by atoms with Crippen LogP contribution >= 0.6 is 0 Å². The Morgan fingerprint density at radius 1 is 0.839 bits per heavy atom. The minimum Gasteiger partial charge on any atom is -0.344 e. The molecule has 2 saturated heterocycles. The van der Waals surface area contributed by atoms with Crippen molar-refractivity contribution in [2.24, 2.45) is 11.8 Å². The van der Waals surface area contributed by atoms with Crippen LogP contribution in [0.5, 0.6) is 0 Å². The van der Waals surface area contributed by atoms with Crippen molar-refractivity contribution in [3.63, 3.8) is 0 Å². The summed E-state index contributed by atoms with van der Waals surface area (Å²) in [5.41, 5.74) is 2.55. The minimum atomic E-state index is 0.262. The number of piperidine rings is 2.